The molecule has 1 aromatic rings. The highest BCUT2D eigenvalue weighted by Crippen LogP contribution is 2.72. The predicted molar refractivity (Wildman–Crippen MR) is 85.2 cm³/mol. The molecule has 22 heavy (non-hydrogen) atoms. The van der Waals surface area contributed by atoms with Gasteiger partial charge in [0.25, 0.3) is 0 Å². The Hall–Kier alpha value is -1.62. The van der Waals surface area contributed by atoms with Crippen LogP contribution in [0.2, 0.25) is 0 Å². The van der Waals surface area contributed by atoms with E-state index in [0.29, 0.717) is 5.69 Å². The largest absolute Gasteiger partial charge is 0.481 e. The molecule has 4 rings (SSSR count). The molecule has 3 aliphatic rings. The molecule has 4 atom stereocenters. The Balaban J connectivity index is 1.60. The predicted octanol–water partition coefficient (Wildman–Crippen LogP) is 3.30. The highest BCUT2D eigenvalue weighted by Gasteiger charge is 2.70. The number of anilines is 1. The maximum atomic E-state index is 12.7. The van der Waals surface area contributed by atoms with Crippen LogP contribution < -0.4 is 5.32 Å². The molecule has 2 bridgehead atoms. The number of carboxylic acids is 1. The number of carbonyl (C=O) groups is 2. The zero-order valence-electron chi connectivity index (χ0n) is 11.8. The minimum absolute atomic E-state index is 0.0238. The van der Waals surface area contributed by atoms with Crippen molar-refractivity contribution in [2.24, 2.45) is 29.1 Å². The van der Waals surface area contributed by atoms with Crippen molar-refractivity contribution in [3.8, 4) is 0 Å². The van der Waals surface area contributed by atoms with Crippen LogP contribution in [0.25, 0.3) is 0 Å². The average Bonchev–Trinajstić information content (AvgIpc) is 3.15. The summed E-state index contributed by atoms with van der Waals surface area (Å²) in [4.78, 5) is 24.4. The summed E-state index contributed by atoms with van der Waals surface area (Å²) in [5.74, 6) is -1.96. The minimum Gasteiger partial charge on any atom is -0.481 e. The van der Waals surface area contributed by atoms with E-state index < -0.39 is 17.8 Å². The molecular formula is C17H16BrNO3. The Bertz CT molecular complexity index is 678. The molecule has 0 aliphatic heterocycles. The molecule has 0 radical (unpaired) electrons. The molecular weight excluding hydrogens is 346 g/mol. The summed E-state index contributed by atoms with van der Waals surface area (Å²) in [7, 11) is 0. The number of carboxylic acid groups (broad SMARTS) is 1. The van der Waals surface area contributed by atoms with Crippen LogP contribution in [0.4, 0.5) is 5.69 Å². The first kappa shape index (κ1) is 14.0. The van der Waals surface area contributed by atoms with Crippen molar-refractivity contribution >= 4 is 33.5 Å². The van der Waals surface area contributed by atoms with Crippen LogP contribution in [0, 0.1) is 29.1 Å². The van der Waals surface area contributed by atoms with Crippen molar-refractivity contribution in [2.75, 3.05) is 5.32 Å². The molecule has 1 aromatic carbocycles. The van der Waals surface area contributed by atoms with Crippen LogP contribution in [-0.4, -0.2) is 17.0 Å². The van der Waals surface area contributed by atoms with Crippen LogP contribution in [-0.2, 0) is 9.59 Å². The monoisotopic (exact) mass is 361 g/mol. The molecule has 1 spiro atoms. The Kier molecular flexibility index (Phi) is 2.98. The molecule has 2 fully saturated rings. The van der Waals surface area contributed by atoms with Gasteiger partial charge < -0.3 is 10.4 Å². The third-order valence-corrected chi connectivity index (χ3v) is 6.07. The van der Waals surface area contributed by atoms with Crippen LogP contribution >= 0.6 is 15.9 Å². The van der Waals surface area contributed by atoms with Crippen LogP contribution in [0.1, 0.15) is 12.8 Å². The van der Waals surface area contributed by atoms with Gasteiger partial charge >= 0.3 is 5.97 Å². The topological polar surface area (TPSA) is 66.4 Å². The van der Waals surface area contributed by atoms with E-state index in [1.807, 2.05) is 30.3 Å². The number of hydrogen-bond acceptors (Lipinski definition) is 2. The van der Waals surface area contributed by atoms with Crippen LogP contribution in [0.15, 0.2) is 40.9 Å². The summed E-state index contributed by atoms with van der Waals surface area (Å²) in [5.41, 5.74) is 0.763. The van der Waals surface area contributed by atoms with E-state index in [1.54, 1.807) is 0 Å². The normalized spacial score (nSPS) is 33.1. The molecule has 5 heteroatoms. The minimum atomic E-state index is -0.848. The standard InChI is InChI=1S/C17H16BrNO3/c18-9-1-3-10(4-2-9)19-15(20)13-11-5-6-12(14(13)16(21)22)17(11)7-8-17/h1-6,11-14H,7-8H2,(H,19,20)(H,21,22). The average molecular weight is 362 g/mol. The van der Waals surface area contributed by atoms with Crippen molar-refractivity contribution in [3.05, 3.63) is 40.9 Å². The van der Waals surface area contributed by atoms with Gasteiger partial charge in [0.1, 0.15) is 0 Å². The summed E-state index contributed by atoms with van der Waals surface area (Å²) in [6.45, 7) is 0. The number of carbonyl (C=O) groups excluding carboxylic acids is 1. The molecule has 4 unspecified atom stereocenters. The second kappa shape index (κ2) is 4.69. The van der Waals surface area contributed by atoms with Crippen molar-refractivity contribution in [1.82, 2.24) is 0 Å². The fraction of sp³-hybridized carbons (Fsp3) is 0.412. The van der Waals surface area contributed by atoms with Gasteiger partial charge in [-0.25, -0.2) is 0 Å². The summed E-state index contributed by atoms with van der Waals surface area (Å²) in [6.07, 6.45) is 6.19. The van der Waals surface area contributed by atoms with E-state index in [2.05, 4.69) is 27.3 Å². The van der Waals surface area contributed by atoms with Gasteiger partial charge in [-0.1, -0.05) is 28.1 Å². The first-order valence-corrected chi connectivity index (χ1v) is 8.30. The SMILES string of the molecule is O=C(O)C1C(C(=O)Nc2ccc(Br)cc2)C2C=CC1C21CC1. The van der Waals surface area contributed by atoms with E-state index in [4.69, 9.17) is 0 Å². The van der Waals surface area contributed by atoms with Gasteiger partial charge in [-0.3, -0.25) is 9.59 Å². The first-order chi connectivity index (χ1) is 10.5. The van der Waals surface area contributed by atoms with Gasteiger partial charge in [-0.15, -0.1) is 0 Å². The molecule has 1 amide bonds. The Morgan fingerprint density at radius 3 is 2.23 bits per heavy atom. The number of allylic oxidation sites excluding steroid dienone is 2. The third kappa shape index (κ3) is 1.88. The van der Waals surface area contributed by atoms with E-state index in [-0.39, 0.29) is 23.2 Å². The van der Waals surface area contributed by atoms with Crippen molar-refractivity contribution in [3.63, 3.8) is 0 Å². The maximum Gasteiger partial charge on any atom is 0.307 e. The van der Waals surface area contributed by atoms with E-state index in [0.717, 1.165) is 17.3 Å². The van der Waals surface area contributed by atoms with Crippen molar-refractivity contribution < 1.29 is 14.7 Å². The Morgan fingerprint density at radius 1 is 1.09 bits per heavy atom. The molecule has 4 nitrogen and oxygen atoms in total. The second-order valence-corrected chi connectivity index (χ2v) is 7.47. The quantitative estimate of drug-likeness (QED) is 0.811. The summed E-state index contributed by atoms with van der Waals surface area (Å²) < 4.78 is 0.939. The second-order valence-electron chi connectivity index (χ2n) is 6.56. The van der Waals surface area contributed by atoms with Gasteiger partial charge in [0.05, 0.1) is 11.8 Å². The number of aliphatic carboxylic acids is 1. The fourth-order valence-electron chi connectivity index (χ4n) is 4.45. The fourth-order valence-corrected chi connectivity index (χ4v) is 4.71. The van der Waals surface area contributed by atoms with E-state index in [9.17, 15) is 14.7 Å². The van der Waals surface area contributed by atoms with Crippen molar-refractivity contribution in [1.29, 1.82) is 0 Å². The lowest BCUT2D eigenvalue weighted by atomic mass is 9.82. The van der Waals surface area contributed by atoms with E-state index >= 15 is 0 Å². The molecule has 2 saturated carbocycles. The molecule has 0 saturated heterocycles. The highest BCUT2D eigenvalue weighted by molar-refractivity contribution is 9.10. The van der Waals surface area contributed by atoms with Crippen LogP contribution in [0.3, 0.4) is 0 Å². The highest BCUT2D eigenvalue weighted by atomic mass is 79.9. The molecule has 2 N–H and O–H groups in total. The summed E-state index contributed by atoms with van der Waals surface area (Å²) >= 11 is 3.36. The Morgan fingerprint density at radius 2 is 1.68 bits per heavy atom. The summed E-state index contributed by atoms with van der Waals surface area (Å²) in [5, 5.41) is 12.5. The zero-order valence-corrected chi connectivity index (χ0v) is 13.4. The Labute approximate surface area is 136 Å². The number of hydrogen-bond donors (Lipinski definition) is 2. The molecule has 114 valence electrons. The number of halogens is 1. The zero-order chi connectivity index (χ0) is 15.5. The number of benzene rings is 1. The van der Waals surface area contributed by atoms with Crippen LogP contribution in [0.5, 0.6) is 0 Å². The van der Waals surface area contributed by atoms with E-state index in [1.165, 1.54) is 0 Å². The lowest BCUT2D eigenvalue weighted by molar-refractivity contribution is -0.146. The third-order valence-electron chi connectivity index (χ3n) is 5.54. The van der Waals surface area contributed by atoms with Gasteiger partial charge in [0.15, 0.2) is 0 Å². The molecule has 0 aromatic heterocycles. The lowest BCUT2D eigenvalue weighted by Crippen LogP contribution is -2.36. The lowest BCUT2D eigenvalue weighted by Gasteiger charge is -2.23. The summed E-state index contributed by atoms with van der Waals surface area (Å²) in [6, 6.07) is 7.34. The maximum absolute atomic E-state index is 12.7. The smallest absolute Gasteiger partial charge is 0.307 e. The van der Waals surface area contributed by atoms with Gasteiger partial charge in [-0.2, -0.15) is 0 Å². The van der Waals surface area contributed by atoms with Gasteiger partial charge in [-0.05, 0) is 54.4 Å². The first-order valence-electron chi connectivity index (χ1n) is 7.50. The van der Waals surface area contributed by atoms with Crippen molar-refractivity contribution in [2.45, 2.75) is 12.8 Å². The number of rotatable bonds is 3. The molecule has 0 heterocycles. The number of nitrogens with one attached hydrogen (secondary N) is 1. The van der Waals surface area contributed by atoms with Gasteiger partial charge in [0, 0.05) is 10.2 Å². The van der Waals surface area contributed by atoms with Gasteiger partial charge in [0.2, 0.25) is 5.91 Å². The number of amides is 1. The molecule has 3 aliphatic carbocycles.